The molecule has 2 aromatic rings. The summed E-state index contributed by atoms with van der Waals surface area (Å²) in [5, 5.41) is 4.71. The summed E-state index contributed by atoms with van der Waals surface area (Å²) in [6, 6.07) is 14.6. The second-order valence-electron chi connectivity index (χ2n) is 5.36. The van der Waals surface area contributed by atoms with Gasteiger partial charge in [0.1, 0.15) is 0 Å². The van der Waals surface area contributed by atoms with Crippen LogP contribution in [0, 0.1) is 0 Å². The Hall–Kier alpha value is -2.04. The summed E-state index contributed by atoms with van der Waals surface area (Å²) in [6.45, 7) is 0. The number of rotatable bonds is 4. The third-order valence-corrected chi connectivity index (χ3v) is 4.60. The van der Waals surface area contributed by atoms with E-state index in [1.807, 2.05) is 36.4 Å². The highest BCUT2D eigenvalue weighted by atomic mass is 35.5. The topological polar surface area (TPSA) is 67.5 Å². The van der Waals surface area contributed by atoms with Crippen molar-refractivity contribution in [3.05, 3.63) is 70.2 Å². The molecule has 2 atom stereocenters. The first-order valence-corrected chi connectivity index (χ1v) is 7.97. The number of hydrogen-bond donors (Lipinski definition) is 2. The lowest BCUT2D eigenvalue weighted by Crippen LogP contribution is -2.24. The Bertz CT molecular complexity index is 759. The Labute approximate surface area is 144 Å². The van der Waals surface area contributed by atoms with Crippen molar-refractivity contribution in [2.45, 2.75) is 17.8 Å². The molecule has 4 nitrogen and oxygen atoms in total. The largest absolute Gasteiger partial charge is 0.366 e. The minimum atomic E-state index is -0.451. The zero-order valence-electron chi connectivity index (χ0n) is 12.2. The maximum absolute atomic E-state index is 11.5. The third kappa shape index (κ3) is 3.33. The smallest absolute Gasteiger partial charge is 0.248 e. The normalized spacial score (nSPS) is 20.0. The van der Waals surface area contributed by atoms with Crippen LogP contribution >= 0.6 is 23.2 Å². The predicted molar refractivity (Wildman–Crippen MR) is 93.1 cm³/mol. The van der Waals surface area contributed by atoms with Crippen molar-refractivity contribution in [2.75, 3.05) is 0 Å². The van der Waals surface area contributed by atoms with Crippen molar-refractivity contribution < 1.29 is 4.79 Å². The summed E-state index contributed by atoms with van der Waals surface area (Å²) in [5.74, 6) is -0.451. The lowest BCUT2D eigenvalue weighted by Gasteiger charge is -2.16. The van der Waals surface area contributed by atoms with Gasteiger partial charge in [0, 0.05) is 17.0 Å². The molecule has 1 amide bonds. The van der Waals surface area contributed by atoms with E-state index in [1.54, 1.807) is 12.1 Å². The van der Waals surface area contributed by atoms with Gasteiger partial charge in [0.05, 0.1) is 17.1 Å². The van der Waals surface area contributed by atoms with E-state index in [9.17, 15) is 4.79 Å². The molecule has 118 valence electrons. The molecule has 0 saturated carbocycles. The van der Waals surface area contributed by atoms with Gasteiger partial charge in [-0.1, -0.05) is 41.9 Å². The van der Waals surface area contributed by atoms with Gasteiger partial charge in [-0.25, -0.2) is 0 Å². The Balaban J connectivity index is 1.78. The van der Waals surface area contributed by atoms with Crippen molar-refractivity contribution >= 4 is 34.8 Å². The van der Waals surface area contributed by atoms with E-state index in [2.05, 4.69) is 10.5 Å². The zero-order valence-corrected chi connectivity index (χ0v) is 13.7. The van der Waals surface area contributed by atoms with Crippen LogP contribution in [0.3, 0.4) is 0 Å². The van der Waals surface area contributed by atoms with E-state index in [4.69, 9.17) is 28.9 Å². The van der Waals surface area contributed by atoms with Crippen molar-refractivity contribution in [2.24, 2.45) is 10.8 Å². The van der Waals surface area contributed by atoms with Crippen LogP contribution in [0.15, 0.2) is 53.6 Å². The SMILES string of the molecule is NC(=O)c1ccccc1CC1=NNC(c2ccc(Cl)cc2)C1Cl. The van der Waals surface area contributed by atoms with E-state index in [1.165, 1.54) is 0 Å². The van der Waals surface area contributed by atoms with Crippen LogP contribution in [0.2, 0.25) is 5.02 Å². The summed E-state index contributed by atoms with van der Waals surface area (Å²) in [5.41, 5.74) is 11.6. The lowest BCUT2D eigenvalue weighted by atomic mass is 9.96. The second-order valence-corrected chi connectivity index (χ2v) is 6.27. The number of amides is 1. The Morgan fingerprint density at radius 3 is 2.57 bits per heavy atom. The molecule has 0 aromatic heterocycles. The quantitative estimate of drug-likeness (QED) is 0.833. The first-order valence-electron chi connectivity index (χ1n) is 7.15. The lowest BCUT2D eigenvalue weighted by molar-refractivity contribution is 0.0999. The molecule has 1 aliphatic heterocycles. The number of nitrogens with one attached hydrogen (secondary N) is 1. The molecule has 2 unspecified atom stereocenters. The van der Waals surface area contributed by atoms with Gasteiger partial charge in [-0.15, -0.1) is 11.6 Å². The van der Waals surface area contributed by atoms with Crippen LogP contribution in [0.25, 0.3) is 0 Å². The minimum absolute atomic E-state index is 0.121. The number of primary amides is 1. The molecule has 2 aromatic carbocycles. The minimum Gasteiger partial charge on any atom is -0.366 e. The number of hydrazone groups is 1. The Kier molecular flexibility index (Phi) is 4.55. The number of nitrogens with zero attached hydrogens (tertiary/aromatic N) is 1. The highest BCUT2D eigenvalue weighted by Gasteiger charge is 2.31. The number of halogens is 2. The second kappa shape index (κ2) is 6.60. The molecular weight excluding hydrogens is 333 g/mol. The summed E-state index contributed by atoms with van der Waals surface area (Å²) in [7, 11) is 0. The van der Waals surface area contributed by atoms with E-state index in [-0.39, 0.29) is 11.4 Å². The van der Waals surface area contributed by atoms with Gasteiger partial charge in [-0.3, -0.25) is 4.79 Å². The molecule has 23 heavy (non-hydrogen) atoms. The monoisotopic (exact) mass is 347 g/mol. The van der Waals surface area contributed by atoms with Crippen LogP contribution < -0.4 is 11.2 Å². The van der Waals surface area contributed by atoms with Crippen LogP contribution in [-0.2, 0) is 6.42 Å². The van der Waals surface area contributed by atoms with Crippen LogP contribution in [0.4, 0.5) is 0 Å². The van der Waals surface area contributed by atoms with E-state index >= 15 is 0 Å². The van der Waals surface area contributed by atoms with Crippen LogP contribution in [-0.4, -0.2) is 17.0 Å². The van der Waals surface area contributed by atoms with Gasteiger partial charge in [0.15, 0.2) is 0 Å². The zero-order chi connectivity index (χ0) is 16.4. The number of hydrogen-bond acceptors (Lipinski definition) is 3. The molecule has 0 spiro atoms. The third-order valence-electron chi connectivity index (χ3n) is 3.84. The molecule has 0 bridgehead atoms. The highest BCUT2D eigenvalue weighted by molar-refractivity contribution is 6.33. The first kappa shape index (κ1) is 15.8. The standard InChI is InChI=1S/C17H15Cl2N3O/c18-12-7-5-10(6-8-12)16-15(19)14(21-22-16)9-11-3-1-2-4-13(11)17(20)23/h1-8,15-16,22H,9H2,(H2,20,23). The van der Waals surface area contributed by atoms with E-state index in [0.717, 1.165) is 16.8 Å². The molecule has 0 aliphatic carbocycles. The summed E-state index contributed by atoms with van der Waals surface area (Å²) in [4.78, 5) is 11.5. The van der Waals surface area contributed by atoms with Gasteiger partial charge < -0.3 is 11.2 Å². The van der Waals surface area contributed by atoms with Gasteiger partial charge in [0.25, 0.3) is 0 Å². The number of alkyl halides is 1. The maximum atomic E-state index is 11.5. The molecule has 6 heteroatoms. The van der Waals surface area contributed by atoms with Crippen molar-refractivity contribution in [1.29, 1.82) is 0 Å². The van der Waals surface area contributed by atoms with Gasteiger partial charge in [-0.2, -0.15) is 5.10 Å². The van der Waals surface area contributed by atoms with Crippen molar-refractivity contribution in [3.63, 3.8) is 0 Å². The fourth-order valence-corrected chi connectivity index (χ4v) is 3.09. The molecule has 0 saturated heterocycles. The average Bonchev–Trinajstić information content (AvgIpc) is 2.90. The molecule has 0 radical (unpaired) electrons. The predicted octanol–water partition coefficient (Wildman–Crippen LogP) is 3.29. The maximum Gasteiger partial charge on any atom is 0.248 e. The van der Waals surface area contributed by atoms with Gasteiger partial charge >= 0.3 is 0 Å². The molecule has 1 heterocycles. The number of nitrogens with two attached hydrogens (primary N) is 1. The summed E-state index contributed by atoms with van der Waals surface area (Å²) < 4.78 is 0. The number of benzene rings is 2. The first-order chi connectivity index (χ1) is 11.1. The fourth-order valence-electron chi connectivity index (χ4n) is 2.63. The van der Waals surface area contributed by atoms with E-state index in [0.29, 0.717) is 17.0 Å². The molecule has 3 rings (SSSR count). The summed E-state index contributed by atoms with van der Waals surface area (Å²) >= 11 is 12.5. The van der Waals surface area contributed by atoms with Gasteiger partial charge in [0.2, 0.25) is 5.91 Å². The fraction of sp³-hybridized carbons (Fsp3) is 0.176. The van der Waals surface area contributed by atoms with Crippen molar-refractivity contribution in [3.8, 4) is 0 Å². The number of carbonyl (C=O) groups is 1. The average molecular weight is 348 g/mol. The van der Waals surface area contributed by atoms with Crippen molar-refractivity contribution in [1.82, 2.24) is 5.43 Å². The molecule has 1 aliphatic rings. The van der Waals surface area contributed by atoms with Crippen LogP contribution in [0.5, 0.6) is 0 Å². The Morgan fingerprint density at radius 1 is 1.17 bits per heavy atom. The van der Waals surface area contributed by atoms with E-state index < -0.39 is 5.91 Å². The number of carbonyl (C=O) groups excluding carboxylic acids is 1. The molecule has 0 fully saturated rings. The highest BCUT2D eigenvalue weighted by Crippen LogP contribution is 2.29. The van der Waals surface area contributed by atoms with Crippen LogP contribution in [0.1, 0.15) is 27.5 Å². The summed E-state index contributed by atoms with van der Waals surface area (Å²) in [6.07, 6.45) is 0.477. The molecule has 3 N–H and O–H groups in total. The Morgan fingerprint density at radius 2 is 1.87 bits per heavy atom. The van der Waals surface area contributed by atoms with Gasteiger partial charge in [-0.05, 0) is 29.3 Å². The molecular formula is C17H15Cl2N3O.